The fourth-order valence-electron chi connectivity index (χ4n) is 3.07. The normalized spacial score (nSPS) is 20.5. The van der Waals surface area contributed by atoms with E-state index in [9.17, 15) is 0 Å². The standard InChI is InChI=1S/C19H28Si2/c1-17(16-20(2,3)18-12-10-11-13-18)21(4,5)19-14-8-6-7-9-15-19/h6-16,18-19H,1-5H3/b17-16+. The molecule has 0 N–H and O–H groups in total. The second-order valence-electron chi connectivity index (χ2n) is 7.35. The second-order valence-corrected chi connectivity index (χ2v) is 16.8. The number of hydrogen-bond acceptors (Lipinski definition) is 0. The molecule has 0 saturated carbocycles. The van der Waals surface area contributed by atoms with Gasteiger partial charge in [-0.05, 0) is 18.0 Å². The molecule has 0 bridgehead atoms. The molecular weight excluding hydrogens is 284 g/mol. The smallest absolute Gasteiger partial charge is 0.0848 e. The van der Waals surface area contributed by atoms with Gasteiger partial charge in [-0.15, -0.1) is 0 Å². The summed E-state index contributed by atoms with van der Waals surface area (Å²) < 4.78 is 0. The average Bonchev–Trinajstić information content (AvgIpc) is 2.81. The molecule has 0 atom stereocenters. The Morgan fingerprint density at radius 2 is 1.14 bits per heavy atom. The van der Waals surface area contributed by atoms with E-state index in [2.05, 4.69) is 99.6 Å². The van der Waals surface area contributed by atoms with Gasteiger partial charge in [-0.2, -0.15) is 0 Å². The summed E-state index contributed by atoms with van der Waals surface area (Å²) >= 11 is 0. The minimum atomic E-state index is -1.46. The Kier molecular flexibility index (Phi) is 4.89. The van der Waals surface area contributed by atoms with Crippen LogP contribution in [-0.2, 0) is 0 Å². The summed E-state index contributed by atoms with van der Waals surface area (Å²) in [6, 6.07) is 0. The molecule has 0 unspecified atom stereocenters. The van der Waals surface area contributed by atoms with Crippen LogP contribution in [0.25, 0.3) is 0 Å². The summed E-state index contributed by atoms with van der Waals surface area (Å²) in [6.45, 7) is 12.4. The third-order valence-corrected chi connectivity index (χ3v) is 12.8. The first kappa shape index (κ1) is 16.2. The molecule has 2 rings (SSSR count). The zero-order valence-corrected chi connectivity index (χ0v) is 16.0. The van der Waals surface area contributed by atoms with Crippen LogP contribution >= 0.6 is 0 Å². The van der Waals surface area contributed by atoms with E-state index in [0.717, 1.165) is 0 Å². The van der Waals surface area contributed by atoms with Crippen molar-refractivity contribution in [3.05, 3.63) is 71.7 Å². The van der Waals surface area contributed by atoms with E-state index in [1.54, 1.807) is 5.20 Å². The zero-order valence-electron chi connectivity index (χ0n) is 14.0. The van der Waals surface area contributed by atoms with Crippen LogP contribution in [0.2, 0.25) is 37.3 Å². The van der Waals surface area contributed by atoms with Crippen LogP contribution in [0, 0.1) is 0 Å². The average molecular weight is 313 g/mol. The number of rotatable bonds is 4. The lowest BCUT2D eigenvalue weighted by atomic mass is 10.4. The van der Waals surface area contributed by atoms with Gasteiger partial charge >= 0.3 is 0 Å². The molecule has 0 nitrogen and oxygen atoms in total. The van der Waals surface area contributed by atoms with Crippen molar-refractivity contribution in [3.63, 3.8) is 0 Å². The van der Waals surface area contributed by atoms with E-state index in [1.807, 2.05) is 0 Å². The molecule has 0 radical (unpaired) electrons. The molecule has 2 aliphatic rings. The number of allylic oxidation sites excluding steroid dienone is 11. The Morgan fingerprint density at radius 1 is 0.714 bits per heavy atom. The van der Waals surface area contributed by atoms with E-state index in [1.165, 1.54) is 0 Å². The van der Waals surface area contributed by atoms with Crippen LogP contribution in [-0.4, -0.2) is 16.1 Å². The lowest BCUT2D eigenvalue weighted by Crippen LogP contribution is -2.37. The topological polar surface area (TPSA) is 0 Å². The van der Waals surface area contributed by atoms with Crippen LogP contribution in [0.5, 0.6) is 0 Å². The molecule has 0 aliphatic heterocycles. The second kappa shape index (κ2) is 6.33. The first-order valence-corrected chi connectivity index (χ1v) is 14.1. The van der Waals surface area contributed by atoms with Crippen molar-refractivity contribution in [2.75, 3.05) is 0 Å². The summed E-state index contributed by atoms with van der Waals surface area (Å²) in [5.41, 5.74) is 3.94. The lowest BCUT2D eigenvalue weighted by molar-refractivity contribution is 1.25. The molecule has 0 spiro atoms. The summed E-state index contributed by atoms with van der Waals surface area (Å²) in [5.74, 6) is 0. The molecule has 0 aromatic heterocycles. The molecule has 0 amide bonds. The summed E-state index contributed by atoms with van der Waals surface area (Å²) in [6.07, 6.45) is 22.6. The van der Waals surface area contributed by atoms with E-state index in [-0.39, 0.29) is 0 Å². The van der Waals surface area contributed by atoms with Crippen molar-refractivity contribution < 1.29 is 0 Å². The molecule has 21 heavy (non-hydrogen) atoms. The first-order chi connectivity index (χ1) is 9.84. The van der Waals surface area contributed by atoms with Gasteiger partial charge in [0, 0.05) is 0 Å². The first-order valence-electron chi connectivity index (χ1n) is 7.90. The minimum Gasteiger partial charge on any atom is -0.0986 e. The Labute approximate surface area is 132 Å². The maximum atomic E-state index is 2.67. The van der Waals surface area contributed by atoms with Crippen LogP contribution in [0.4, 0.5) is 0 Å². The number of hydrogen-bond donors (Lipinski definition) is 0. The van der Waals surface area contributed by atoms with E-state index >= 15 is 0 Å². The third kappa shape index (κ3) is 3.75. The highest BCUT2D eigenvalue weighted by molar-refractivity contribution is 6.91. The molecule has 0 fully saturated rings. The summed E-state index contributed by atoms with van der Waals surface area (Å²) in [4.78, 5) is 0. The van der Waals surface area contributed by atoms with Crippen LogP contribution in [0.1, 0.15) is 6.92 Å². The third-order valence-electron chi connectivity index (χ3n) is 5.02. The molecule has 0 heterocycles. The maximum absolute atomic E-state index is 2.67. The van der Waals surface area contributed by atoms with Crippen molar-refractivity contribution in [2.24, 2.45) is 0 Å². The Hall–Kier alpha value is -1.13. The van der Waals surface area contributed by atoms with Gasteiger partial charge in [0.05, 0.1) is 16.1 Å². The zero-order chi connectivity index (χ0) is 15.5. The molecule has 2 heteroatoms. The molecule has 112 valence electrons. The van der Waals surface area contributed by atoms with Crippen LogP contribution in [0.15, 0.2) is 71.7 Å². The molecule has 0 aromatic carbocycles. The van der Waals surface area contributed by atoms with E-state index in [0.29, 0.717) is 11.1 Å². The molecule has 2 aliphatic carbocycles. The Bertz CT molecular complexity index is 526. The highest BCUT2D eigenvalue weighted by Gasteiger charge is 2.34. The molecule has 0 saturated heterocycles. The van der Waals surface area contributed by atoms with Gasteiger partial charge in [-0.1, -0.05) is 97.8 Å². The summed E-state index contributed by atoms with van der Waals surface area (Å²) in [7, 11) is -2.85. The summed E-state index contributed by atoms with van der Waals surface area (Å²) in [5, 5.41) is 1.66. The van der Waals surface area contributed by atoms with Gasteiger partial charge in [0.15, 0.2) is 0 Å². The predicted octanol–water partition coefficient (Wildman–Crippen LogP) is 5.98. The minimum absolute atomic E-state index is 0.600. The predicted molar refractivity (Wildman–Crippen MR) is 102 cm³/mol. The van der Waals surface area contributed by atoms with E-state index < -0.39 is 16.1 Å². The monoisotopic (exact) mass is 312 g/mol. The molecule has 0 aromatic rings. The van der Waals surface area contributed by atoms with Gasteiger partial charge in [-0.25, -0.2) is 0 Å². The SMILES string of the molecule is C/C(=C\[Si](C)(C)C1C=CC=C1)[Si](C)(C)C1C=CC=CC=C1. The van der Waals surface area contributed by atoms with Gasteiger partial charge in [-0.3, -0.25) is 0 Å². The molecular formula is C19H28Si2. The van der Waals surface area contributed by atoms with Crippen molar-refractivity contribution in [1.82, 2.24) is 0 Å². The largest absolute Gasteiger partial charge is 0.0986 e. The Balaban J connectivity index is 2.24. The van der Waals surface area contributed by atoms with Gasteiger partial charge in [0.1, 0.15) is 0 Å². The fourth-order valence-corrected chi connectivity index (χ4v) is 9.91. The lowest BCUT2D eigenvalue weighted by Gasteiger charge is -2.33. The van der Waals surface area contributed by atoms with E-state index in [4.69, 9.17) is 0 Å². The van der Waals surface area contributed by atoms with Gasteiger partial charge < -0.3 is 0 Å². The van der Waals surface area contributed by atoms with Crippen LogP contribution in [0.3, 0.4) is 0 Å². The maximum Gasteiger partial charge on any atom is 0.0848 e. The fraction of sp³-hybridized carbons (Fsp3) is 0.368. The van der Waals surface area contributed by atoms with Gasteiger partial charge in [0.2, 0.25) is 0 Å². The van der Waals surface area contributed by atoms with Gasteiger partial charge in [0.25, 0.3) is 0 Å². The van der Waals surface area contributed by atoms with Crippen LogP contribution < -0.4 is 0 Å². The van der Waals surface area contributed by atoms with Crippen molar-refractivity contribution in [2.45, 2.75) is 44.2 Å². The quantitative estimate of drug-likeness (QED) is 0.560. The van der Waals surface area contributed by atoms with Crippen molar-refractivity contribution in [3.8, 4) is 0 Å². The Morgan fingerprint density at radius 3 is 1.67 bits per heavy atom. The highest BCUT2D eigenvalue weighted by Crippen LogP contribution is 2.36. The highest BCUT2D eigenvalue weighted by atomic mass is 28.3. The van der Waals surface area contributed by atoms with Crippen molar-refractivity contribution in [1.29, 1.82) is 0 Å². The van der Waals surface area contributed by atoms with Crippen molar-refractivity contribution >= 4 is 16.1 Å².